The third kappa shape index (κ3) is 2.81. The highest BCUT2D eigenvalue weighted by atomic mass is 35.5. The number of rotatable bonds is 4. The summed E-state index contributed by atoms with van der Waals surface area (Å²) in [5.74, 6) is 0.229. The van der Waals surface area contributed by atoms with Gasteiger partial charge >= 0.3 is 0 Å². The number of carbonyl (C=O) groups is 1. The number of nitrogen functional groups attached to an aromatic ring is 1. The van der Waals surface area contributed by atoms with Gasteiger partial charge in [-0.25, -0.2) is 4.98 Å². The molecule has 0 atom stereocenters. The Balaban J connectivity index is 2.31. The Morgan fingerprint density at radius 1 is 1.50 bits per heavy atom. The summed E-state index contributed by atoms with van der Waals surface area (Å²) in [5, 5.41) is 0.386. The van der Waals surface area contributed by atoms with Gasteiger partial charge in [-0.15, -0.1) is 0 Å². The quantitative estimate of drug-likeness (QED) is 0.848. The normalized spacial score (nSPS) is 15.8. The molecule has 0 saturated heterocycles. The number of nitrogens with two attached hydrogens (primary N) is 2. The maximum atomic E-state index is 11.2. The molecule has 0 aromatic carbocycles. The smallest absolute Gasteiger partial charge is 0.237 e. The second-order valence-electron chi connectivity index (χ2n) is 4.43. The standard InChI is InChI=1S/C11H16ClN5O/c12-8-5-15-11(14)16-10(8)17(6-9(13)18)7-3-1-2-4-7/h5,7H,1-4,6H2,(H2,13,18)(H2,14,15,16). The van der Waals surface area contributed by atoms with Gasteiger partial charge in [-0.05, 0) is 12.8 Å². The maximum Gasteiger partial charge on any atom is 0.237 e. The Kier molecular flexibility index (Phi) is 3.86. The van der Waals surface area contributed by atoms with Crippen LogP contribution in [0.5, 0.6) is 0 Å². The molecule has 0 bridgehead atoms. The zero-order valence-electron chi connectivity index (χ0n) is 9.97. The number of aromatic nitrogens is 2. The van der Waals surface area contributed by atoms with E-state index in [1.54, 1.807) is 0 Å². The Morgan fingerprint density at radius 2 is 2.17 bits per heavy atom. The summed E-state index contributed by atoms with van der Waals surface area (Å²) in [7, 11) is 0. The van der Waals surface area contributed by atoms with Crippen LogP contribution in [0.1, 0.15) is 25.7 Å². The van der Waals surface area contributed by atoms with Gasteiger partial charge in [0.2, 0.25) is 11.9 Å². The van der Waals surface area contributed by atoms with Crippen molar-refractivity contribution in [3.05, 3.63) is 11.2 Å². The predicted octanol–water partition coefficient (Wildman–Crippen LogP) is 0.946. The van der Waals surface area contributed by atoms with Gasteiger partial charge in [0.1, 0.15) is 5.02 Å². The predicted molar refractivity (Wildman–Crippen MR) is 70.3 cm³/mol. The van der Waals surface area contributed by atoms with E-state index in [1.165, 1.54) is 6.20 Å². The van der Waals surface area contributed by atoms with E-state index in [0.717, 1.165) is 25.7 Å². The van der Waals surface area contributed by atoms with Crippen molar-refractivity contribution in [2.24, 2.45) is 5.73 Å². The molecule has 1 heterocycles. The first-order valence-corrected chi connectivity index (χ1v) is 6.28. The first-order valence-electron chi connectivity index (χ1n) is 5.91. The van der Waals surface area contributed by atoms with Crippen molar-refractivity contribution in [1.82, 2.24) is 9.97 Å². The Hall–Kier alpha value is -1.56. The first-order chi connectivity index (χ1) is 8.58. The van der Waals surface area contributed by atoms with Gasteiger partial charge in [0, 0.05) is 6.04 Å². The van der Waals surface area contributed by atoms with E-state index in [1.807, 2.05) is 4.90 Å². The molecule has 0 unspecified atom stereocenters. The van der Waals surface area contributed by atoms with Crippen LogP contribution in [0.3, 0.4) is 0 Å². The average Bonchev–Trinajstić information content (AvgIpc) is 2.82. The van der Waals surface area contributed by atoms with Crippen molar-refractivity contribution >= 4 is 29.3 Å². The summed E-state index contributed by atoms with van der Waals surface area (Å²) >= 11 is 6.08. The van der Waals surface area contributed by atoms with Crippen LogP contribution in [-0.4, -0.2) is 28.5 Å². The molecule has 18 heavy (non-hydrogen) atoms. The third-order valence-corrected chi connectivity index (χ3v) is 3.37. The van der Waals surface area contributed by atoms with Gasteiger partial charge in [-0.3, -0.25) is 4.79 Å². The second kappa shape index (κ2) is 5.39. The van der Waals surface area contributed by atoms with Gasteiger partial charge in [0.15, 0.2) is 5.82 Å². The molecule has 6 nitrogen and oxygen atoms in total. The second-order valence-corrected chi connectivity index (χ2v) is 4.84. The molecule has 7 heteroatoms. The van der Waals surface area contributed by atoms with Gasteiger partial charge in [0.05, 0.1) is 12.7 Å². The van der Waals surface area contributed by atoms with E-state index >= 15 is 0 Å². The van der Waals surface area contributed by atoms with Gasteiger partial charge in [-0.1, -0.05) is 24.4 Å². The zero-order valence-corrected chi connectivity index (χ0v) is 10.7. The van der Waals surface area contributed by atoms with Crippen molar-refractivity contribution in [2.75, 3.05) is 17.2 Å². The minimum Gasteiger partial charge on any atom is -0.368 e. The van der Waals surface area contributed by atoms with E-state index in [9.17, 15) is 4.79 Å². The highest BCUT2D eigenvalue weighted by Gasteiger charge is 2.26. The fourth-order valence-corrected chi connectivity index (χ4v) is 2.53. The highest BCUT2D eigenvalue weighted by Crippen LogP contribution is 2.31. The SMILES string of the molecule is NC(=O)CN(c1nc(N)ncc1Cl)C1CCCC1. The molecule has 4 N–H and O–H groups in total. The van der Waals surface area contributed by atoms with Crippen molar-refractivity contribution in [2.45, 2.75) is 31.7 Å². The zero-order chi connectivity index (χ0) is 13.1. The fourth-order valence-electron chi connectivity index (χ4n) is 2.33. The van der Waals surface area contributed by atoms with Gasteiger partial charge < -0.3 is 16.4 Å². The van der Waals surface area contributed by atoms with E-state index in [-0.39, 0.29) is 18.5 Å². The van der Waals surface area contributed by atoms with Crippen molar-refractivity contribution in [3.63, 3.8) is 0 Å². The highest BCUT2D eigenvalue weighted by molar-refractivity contribution is 6.32. The van der Waals surface area contributed by atoms with Crippen LogP contribution < -0.4 is 16.4 Å². The Bertz CT molecular complexity index is 447. The van der Waals surface area contributed by atoms with Gasteiger partial charge in [0.25, 0.3) is 0 Å². The molecular formula is C11H16ClN5O. The summed E-state index contributed by atoms with van der Waals surface area (Å²) in [5.41, 5.74) is 10.9. The summed E-state index contributed by atoms with van der Waals surface area (Å²) in [6, 6.07) is 0.240. The van der Waals surface area contributed by atoms with Crippen molar-refractivity contribution in [1.29, 1.82) is 0 Å². The molecule has 2 rings (SSSR count). The minimum absolute atomic E-state index is 0.0981. The lowest BCUT2D eigenvalue weighted by Crippen LogP contribution is -2.41. The molecule has 0 radical (unpaired) electrons. The molecule has 1 aromatic heterocycles. The monoisotopic (exact) mass is 269 g/mol. The number of hydrogen-bond donors (Lipinski definition) is 2. The summed E-state index contributed by atoms with van der Waals surface area (Å²) < 4.78 is 0. The lowest BCUT2D eigenvalue weighted by Gasteiger charge is -2.29. The van der Waals surface area contributed by atoms with Crippen LogP contribution in [0.2, 0.25) is 5.02 Å². The van der Waals surface area contributed by atoms with Gasteiger partial charge in [-0.2, -0.15) is 4.98 Å². The van der Waals surface area contributed by atoms with Crippen LogP contribution in [0, 0.1) is 0 Å². The molecule has 1 aliphatic rings. The van der Waals surface area contributed by atoms with E-state index < -0.39 is 5.91 Å². The maximum absolute atomic E-state index is 11.2. The minimum atomic E-state index is -0.407. The lowest BCUT2D eigenvalue weighted by molar-refractivity contribution is -0.116. The molecule has 1 aromatic rings. The summed E-state index contributed by atoms with van der Waals surface area (Å²) in [6.45, 7) is 0.0981. The number of halogens is 1. The molecule has 0 aliphatic heterocycles. The summed E-state index contributed by atoms with van der Waals surface area (Å²) in [4.78, 5) is 21.0. The van der Waals surface area contributed by atoms with Crippen LogP contribution in [-0.2, 0) is 4.79 Å². The average molecular weight is 270 g/mol. The van der Waals surface area contributed by atoms with Crippen LogP contribution in [0.25, 0.3) is 0 Å². The molecule has 0 spiro atoms. The third-order valence-electron chi connectivity index (χ3n) is 3.11. The van der Waals surface area contributed by atoms with Crippen LogP contribution >= 0.6 is 11.6 Å². The topological polar surface area (TPSA) is 98.1 Å². The number of nitrogens with zero attached hydrogens (tertiary/aromatic N) is 3. The number of anilines is 2. The van der Waals surface area contributed by atoms with Crippen molar-refractivity contribution in [3.8, 4) is 0 Å². The van der Waals surface area contributed by atoms with E-state index in [2.05, 4.69) is 9.97 Å². The van der Waals surface area contributed by atoms with Crippen LogP contribution in [0.4, 0.5) is 11.8 Å². The first kappa shape index (κ1) is 12.9. The number of primary amides is 1. The Labute approximate surface area is 110 Å². The molecule has 1 aliphatic carbocycles. The fraction of sp³-hybridized carbons (Fsp3) is 0.545. The van der Waals surface area contributed by atoms with E-state index in [0.29, 0.717) is 10.8 Å². The molecule has 98 valence electrons. The molecule has 1 amide bonds. The number of hydrogen-bond acceptors (Lipinski definition) is 5. The molecular weight excluding hydrogens is 254 g/mol. The molecule has 1 saturated carbocycles. The molecule has 1 fully saturated rings. The van der Waals surface area contributed by atoms with Crippen molar-refractivity contribution < 1.29 is 4.79 Å². The number of carbonyl (C=O) groups excluding carboxylic acids is 1. The lowest BCUT2D eigenvalue weighted by atomic mass is 10.2. The Morgan fingerprint density at radius 3 is 2.78 bits per heavy atom. The van der Waals surface area contributed by atoms with E-state index in [4.69, 9.17) is 23.1 Å². The number of amides is 1. The summed E-state index contributed by atoms with van der Waals surface area (Å²) in [6.07, 6.45) is 5.74. The van der Waals surface area contributed by atoms with Crippen LogP contribution in [0.15, 0.2) is 6.20 Å². The largest absolute Gasteiger partial charge is 0.368 e.